The number of benzene rings is 1. The van der Waals surface area contributed by atoms with Gasteiger partial charge in [0.05, 0.1) is 10.5 Å². The van der Waals surface area contributed by atoms with Crippen LogP contribution in [0.1, 0.15) is 31.0 Å². The molecule has 22 heavy (non-hydrogen) atoms. The Labute approximate surface area is 126 Å². The number of nitrogens with zero attached hydrogens (tertiary/aromatic N) is 3. The smallest absolute Gasteiger partial charge is 0.292 e. The van der Waals surface area contributed by atoms with E-state index in [1.165, 1.54) is 6.07 Å². The Morgan fingerprint density at radius 1 is 1.41 bits per heavy atom. The van der Waals surface area contributed by atoms with Crippen LogP contribution in [0.15, 0.2) is 28.8 Å². The van der Waals surface area contributed by atoms with E-state index in [0.29, 0.717) is 30.4 Å². The summed E-state index contributed by atoms with van der Waals surface area (Å²) in [6, 6.07) is 6.50. The van der Waals surface area contributed by atoms with Gasteiger partial charge in [-0.3, -0.25) is 10.1 Å². The number of hydrogen-bond donors (Lipinski definition) is 2. The van der Waals surface area contributed by atoms with Crippen LogP contribution in [-0.2, 0) is 12.0 Å². The predicted octanol–water partition coefficient (Wildman–Crippen LogP) is 1.97. The third-order valence-electron chi connectivity index (χ3n) is 3.91. The van der Waals surface area contributed by atoms with Crippen LogP contribution in [0.2, 0.25) is 0 Å². The molecule has 3 N–H and O–H groups in total. The van der Waals surface area contributed by atoms with Gasteiger partial charge in [-0.05, 0) is 25.3 Å². The fourth-order valence-corrected chi connectivity index (χ4v) is 2.43. The minimum absolute atomic E-state index is 0.0455. The number of para-hydroxylation sites is 2. The van der Waals surface area contributed by atoms with Gasteiger partial charge in [-0.15, -0.1) is 0 Å². The summed E-state index contributed by atoms with van der Waals surface area (Å²) in [5.41, 5.74) is 6.22. The summed E-state index contributed by atoms with van der Waals surface area (Å²) in [6.07, 6.45) is 3.32. The molecule has 0 radical (unpaired) electrons. The van der Waals surface area contributed by atoms with E-state index in [1.54, 1.807) is 18.2 Å². The maximum atomic E-state index is 10.9. The molecule has 116 valence electrons. The van der Waals surface area contributed by atoms with E-state index in [9.17, 15) is 10.1 Å². The van der Waals surface area contributed by atoms with E-state index in [4.69, 9.17) is 10.3 Å². The fraction of sp³-hybridized carbons (Fsp3) is 0.429. The van der Waals surface area contributed by atoms with Crippen LogP contribution < -0.4 is 11.1 Å². The van der Waals surface area contributed by atoms with E-state index in [2.05, 4.69) is 15.5 Å². The summed E-state index contributed by atoms with van der Waals surface area (Å²) in [4.78, 5) is 14.8. The molecule has 1 aromatic carbocycles. The quantitative estimate of drug-likeness (QED) is 0.618. The Morgan fingerprint density at radius 2 is 2.18 bits per heavy atom. The van der Waals surface area contributed by atoms with Gasteiger partial charge in [-0.25, -0.2) is 0 Å². The average molecular weight is 303 g/mol. The number of anilines is 1. The average Bonchev–Trinajstić information content (AvgIpc) is 2.94. The lowest BCUT2D eigenvalue weighted by Crippen LogP contribution is -2.44. The van der Waals surface area contributed by atoms with Crippen molar-refractivity contribution in [2.24, 2.45) is 5.73 Å². The number of aromatic nitrogens is 2. The first-order chi connectivity index (χ1) is 10.6. The Balaban J connectivity index is 1.59. The highest BCUT2D eigenvalue weighted by Crippen LogP contribution is 2.36. The molecule has 0 atom stereocenters. The highest BCUT2D eigenvalue weighted by Gasteiger charge is 2.38. The van der Waals surface area contributed by atoms with Crippen LogP contribution in [-0.4, -0.2) is 21.6 Å². The zero-order valence-electron chi connectivity index (χ0n) is 12.0. The number of nitrogens with two attached hydrogens (primary N) is 1. The first kappa shape index (κ1) is 14.5. The number of nitro benzene ring substituents is 1. The van der Waals surface area contributed by atoms with Crippen molar-refractivity contribution >= 4 is 11.4 Å². The summed E-state index contributed by atoms with van der Waals surface area (Å²) >= 11 is 0. The first-order valence-electron chi connectivity index (χ1n) is 7.18. The molecule has 1 aliphatic carbocycles. The zero-order valence-corrected chi connectivity index (χ0v) is 12.0. The molecule has 0 amide bonds. The standard InChI is InChI=1S/C14H17N5O3/c15-14(7-3-8-14)13-17-12(22-18-13)6-9-16-10-4-1-2-5-11(10)19(20)21/h1-2,4-5,16H,3,6-9,15H2. The van der Waals surface area contributed by atoms with Crippen molar-refractivity contribution < 1.29 is 9.45 Å². The van der Waals surface area contributed by atoms with Gasteiger partial charge in [0.15, 0.2) is 5.82 Å². The molecule has 1 aliphatic rings. The molecular weight excluding hydrogens is 286 g/mol. The largest absolute Gasteiger partial charge is 0.379 e. The number of nitrogens with one attached hydrogen (secondary N) is 1. The van der Waals surface area contributed by atoms with E-state index in [1.807, 2.05) is 0 Å². The minimum Gasteiger partial charge on any atom is -0.379 e. The topological polar surface area (TPSA) is 120 Å². The predicted molar refractivity (Wildman–Crippen MR) is 79.3 cm³/mol. The van der Waals surface area contributed by atoms with Crippen LogP contribution in [0.5, 0.6) is 0 Å². The highest BCUT2D eigenvalue weighted by molar-refractivity contribution is 5.61. The van der Waals surface area contributed by atoms with E-state index < -0.39 is 10.5 Å². The molecule has 1 saturated carbocycles. The minimum atomic E-state index is -0.437. The summed E-state index contributed by atoms with van der Waals surface area (Å²) in [7, 11) is 0. The van der Waals surface area contributed by atoms with Crippen LogP contribution >= 0.6 is 0 Å². The SMILES string of the molecule is NC1(c2noc(CCNc3ccccc3[N+](=O)[O-])n2)CCC1. The molecule has 0 bridgehead atoms. The fourth-order valence-electron chi connectivity index (χ4n) is 2.43. The summed E-state index contributed by atoms with van der Waals surface area (Å²) in [5.74, 6) is 1.04. The third-order valence-corrected chi connectivity index (χ3v) is 3.91. The highest BCUT2D eigenvalue weighted by atomic mass is 16.6. The molecule has 0 unspecified atom stereocenters. The second-order valence-corrected chi connectivity index (χ2v) is 5.47. The Morgan fingerprint density at radius 3 is 2.86 bits per heavy atom. The second kappa shape index (κ2) is 5.72. The van der Waals surface area contributed by atoms with Crippen LogP contribution in [0, 0.1) is 10.1 Å². The van der Waals surface area contributed by atoms with Gasteiger partial charge in [0.1, 0.15) is 5.69 Å². The first-order valence-corrected chi connectivity index (χ1v) is 7.18. The molecule has 8 nitrogen and oxygen atoms in total. The molecular formula is C14H17N5O3. The monoisotopic (exact) mass is 303 g/mol. The molecule has 1 aromatic heterocycles. The van der Waals surface area contributed by atoms with Gasteiger partial charge in [0.2, 0.25) is 5.89 Å². The Hall–Kier alpha value is -2.48. The number of rotatable bonds is 6. The van der Waals surface area contributed by atoms with Gasteiger partial charge in [0, 0.05) is 19.0 Å². The molecule has 0 spiro atoms. The Kier molecular flexibility index (Phi) is 3.76. The maximum Gasteiger partial charge on any atom is 0.292 e. The van der Waals surface area contributed by atoms with Crippen LogP contribution in [0.4, 0.5) is 11.4 Å². The lowest BCUT2D eigenvalue weighted by atomic mass is 9.77. The number of nitro groups is 1. The number of hydrogen-bond acceptors (Lipinski definition) is 7. The molecule has 1 fully saturated rings. The third kappa shape index (κ3) is 2.77. The van der Waals surface area contributed by atoms with Crippen molar-refractivity contribution in [2.45, 2.75) is 31.2 Å². The van der Waals surface area contributed by atoms with E-state index in [0.717, 1.165) is 19.3 Å². The van der Waals surface area contributed by atoms with Crippen LogP contribution in [0.25, 0.3) is 0 Å². The van der Waals surface area contributed by atoms with Crippen LogP contribution in [0.3, 0.4) is 0 Å². The molecule has 3 rings (SSSR count). The van der Waals surface area contributed by atoms with Gasteiger partial charge < -0.3 is 15.6 Å². The van der Waals surface area contributed by atoms with E-state index in [-0.39, 0.29) is 5.69 Å². The van der Waals surface area contributed by atoms with Crippen molar-refractivity contribution in [2.75, 3.05) is 11.9 Å². The lowest BCUT2D eigenvalue weighted by molar-refractivity contribution is -0.384. The van der Waals surface area contributed by atoms with Gasteiger partial charge >= 0.3 is 0 Å². The Bertz CT molecular complexity index is 681. The molecule has 2 aromatic rings. The van der Waals surface area contributed by atoms with Gasteiger partial charge in [-0.2, -0.15) is 4.98 Å². The lowest BCUT2D eigenvalue weighted by Gasteiger charge is -2.34. The molecule has 0 saturated heterocycles. The van der Waals surface area contributed by atoms with Crippen molar-refractivity contribution in [3.63, 3.8) is 0 Å². The van der Waals surface area contributed by atoms with Crippen molar-refractivity contribution in [1.29, 1.82) is 0 Å². The summed E-state index contributed by atoms with van der Waals surface area (Å²) in [5, 5.41) is 17.9. The van der Waals surface area contributed by atoms with Crippen molar-refractivity contribution in [1.82, 2.24) is 10.1 Å². The zero-order chi connectivity index (χ0) is 15.6. The normalized spacial score (nSPS) is 16.0. The molecule has 1 heterocycles. The maximum absolute atomic E-state index is 10.9. The summed E-state index contributed by atoms with van der Waals surface area (Å²) in [6.45, 7) is 0.462. The molecule has 0 aliphatic heterocycles. The van der Waals surface area contributed by atoms with Crippen molar-refractivity contribution in [3.8, 4) is 0 Å². The second-order valence-electron chi connectivity index (χ2n) is 5.47. The molecule has 8 heteroatoms. The van der Waals surface area contributed by atoms with E-state index >= 15 is 0 Å². The van der Waals surface area contributed by atoms with Gasteiger partial charge in [0.25, 0.3) is 5.69 Å². The summed E-state index contributed by atoms with van der Waals surface area (Å²) < 4.78 is 5.19. The van der Waals surface area contributed by atoms with Crippen molar-refractivity contribution in [3.05, 3.63) is 46.1 Å². The van der Waals surface area contributed by atoms with Gasteiger partial charge in [-0.1, -0.05) is 17.3 Å².